The van der Waals surface area contributed by atoms with E-state index >= 15 is 0 Å². The van der Waals surface area contributed by atoms with E-state index in [-0.39, 0.29) is 5.91 Å². The molecule has 0 aliphatic rings. The highest BCUT2D eigenvalue weighted by Crippen LogP contribution is 2.25. The molecule has 1 N–H and O–H groups in total. The van der Waals surface area contributed by atoms with Crippen molar-refractivity contribution >= 4 is 21.8 Å². The van der Waals surface area contributed by atoms with Crippen LogP contribution in [0, 0.1) is 5.92 Å². The Morgan fingerprint density at radius 3 is 2.60 bits per heavy atom. The Balaban J connectivity index is 2.39. The lowest BCUT2D eigenvalue weighted by Gasteiger charge is -2.13. The van der Waals surface area contributed by atoms with Gasteiger partial charge in [0.15, 0.2) is 0 Å². The van der Waals surface area contributed by atoms with Gasteiger partial charge in [0.05, 0.1) is 11.6 Å². The number of ether oxygens (including phenoxy) is 1. The van der Waals surface area contributed by atoms with Crippen LogP contribution in [0.25, 0.3) is 0 Å². The number of amides is 1. The molecule has 1 rings (SSSR count). The van der Waals surface area contributed by atoms with E-state index in [4.69, 9.17) is 4.74 Å². The summed E-state index contributed by atoms with van der Waals surface area (Å²) in [6.45, 7) is 5.11. The Hall–Kier alpha value is -1.03. The van der Waals surface area contributed by atoms with Gasteiger partial charge in [-0.3, -0.25) is 4.79 Å². The Bertz CT molecular complexity index is 430. The first kappa shape index (κ1) is 17.0. The zero-order chi connectivity index (χ0) is 15.0. The molecule has 3 nitrogen and oxygen atoms in total. The van der Waals surface area contributed by atoms with E-state index in [1.807, 2.05) is 18.2 Å². The van der Waals surface area contributed by atoms with E-state index in [2.05, 4.69) is 35.1 Å². The van der Waals surface area contributed by atoms with Gasteiger partial charge in [-0.15, -0.1) is 0 Å². The van der Waals surface area contributed by atoms with Gasteiger partial charge in [-0.2, -0.15) is 0 Å². The average molecular weight is 342 g/mol. The summed E-state index contributed by atoms with van der Waals surface area (Å²) in [6.07, 6.45) is 3.50. The fourth-order valence-electron chi connectivity index (χ4n) is 2.05. The summed E-state index contributed by atoms with van der Waals surface area (Å²) in [5.74, 6) is 1.53. The van der Waals surface area contributed by atoms with E-state index in [1.165, 1.54) is 0 Å². The topological polar surface area (TPSA) is 38.3 Å². The first-order valence-electron chi connectivity index (χ1n) is 7.19. The number of hydrogen-bond donors (Lipinski definition) is 1. The molecule has 0 saturated carbocycles. The average Bonchev–Trinajstić information content (AvgIpc) is 2.46. The minimum Gasteiger partial charge on any atom is -0.496 e. The van der Waals surface area contributed by atoms with Crippen molar-refractivity contribution in [1.82, 2.24) is 5.32 Å². The van der Waals surface area contributed by atoms with Crippen LogP contribution in [0.2, 0.25) is 0 Å². The van der Waals surface area contributed by atoms with Crippen molar-refractivity contribution in [3.8, 4) is 5.75 Å². The molecule has 0 aliphatic carbocycles. The predicted molar refractivity (Wildman–Crippen MR) is 86.1 cm³/mol. The molecule has 112 valence electrons. The highest BCUT2D eigenvalue weighted by molar-refractivity contribution is 9.10. The van der Waals surface area contributed by atoms with E-state index in [1.54, 1.807) is 7.11 Å². The molecule has 4 heteroatoms. The Morgan fingerprint density at radius 1 is 1.35 bits per heavy atom. The molecule has 0 aromatic heterocycles. The van der Waals surface area contributed by atoms with E-state index in [9.17, 15) is 4.79 Å². The maximum atomic E-state index is 11.8. The molecule has 0 heterocycles. The summed E-state index contributed by atoms with van der Waals surface area (Å²) in [6, 6.07) is 5.92. The van der Waals surface area contributed by atoms with Crippen LogP contribution in [-0.2, 0) is 11.2 Å². The van der Waals surface area contributed by atoms with E-state index in [0.29, 0.717) is 12.3 Å². The predicted octanol–water partition coefficient (Wildman–Crippen LogP) is 3.94. The first-order chi connectivity index (χ1) is 9.60. The molecule has 1 aromatic carbocycles. The number of carbonyl (C=O) groups is 1. The van der Waals surface area contributed by atoms with Crippen molar-refractivity contribution in [2.75, 3.05) is 13.7 Å². The Kier molecular flexibility index (Phi) is 7.67. The van der Waals surface area contributed by atoms with Crippen LogP contribution in [0.4, 0.5) is 0 Å². The number of nitrogens with one attached hydrogen (secondary N) is 1. The molecule has 0 bridgehead atoms. The SMILES string of the molecule is CCC(CC)CNC(=O)CCc1ccc(OC)c(Br)c1. The largest absolute Gasteiger partial charge is 0.496 e. The zero-order valence-corrected chi connectivity index (χ0v) is 14.1. The minimum absolute atomic E-state index is 0.129. The third-order valence-corrected chi connectivity index (χ3v) is 4.22. The number of hydrogen-bond acceptors (Lipinski definition) is 2. The van der Waals surface area contributed by atoms with Crippen molar-refractivity contribution in [2.24, 2.45) is 5.92 Å². The molecule has 0 spiro atoms. The van der Waals surface area contributed by atoms with Gasteiger partial charge in [-0.1, -0.05) is 32.8 Å². The maximum Gasteiger partial charge on any atom is 0.220 e. The maximum absolute atomic E-state index is 11.8. The second-order valence-corrected chi connectivity index (χ2v) is 5.81. The normalized spacial score (nSPS) is 10.7. The third kappa shape index (κ3) is 5.53. The fourth-order valence-corrected chi connectivity index (χ4v) is 2.64. The van der Waals surface area contributed by atoms with Crippen molar-refractivity contribution in [3.63, 3.8) is 0 Å². The summed E-state index contributed by atoms with van der Waals surface area (Å²) >= 11 is 3.46. The lowest BCUT2D eigenvalue weighted by atomic mass is 10.0. The van der Waals surface area contributed by atoms with Crippen LogP contribution in [0.5, 0.6) is 5.75 Å². The van der Waals surface area contributed by atoms with Gasteiger partial charge in [0.1, 0.15) is 5.75 Å². The number of halogens is 1. The van der Waals surface area contributed by atoms with Crippen LogP contribution in [-0.4, -0.2) is 19.6 Å². The molecule has 1 amide bonds. The zero-order valence-electron chi connectivity index (χ0n) is 12.5. The van der Waals surface area contributed by atoms with Gasteiger partial charge in [-0.05, 0) is 46.0 Å². The van der Waals surface area contributed by atoms with Crippen LogP contribution >= 0.6 is 15.9 Å². The summed E-state index contributed by atoms with van der Waals surface area (Å²) in [4.78, 5) is 11.8. The lowest BCUT2D eigenvalue weighted by Crippen LogP contribution is -2.29. The second kappa shape index (κ2) is 9.01. The van der Waals surface area contributed by atoms with Crippen LogP contribution in [0.15, 0.2) is 22.7 Å². The molecule has 0 saturated heterocycles. The van der Waals surface area contributed by atoms with Crippen molar-refractivity contribution < 1.29 is 9.53 Å². The number of aryl methyl sites for hydroxylation is 1. The fraction of sp³-hybridized carbons (Fsp3) is 0.562. The molecular formula is C16H24BrNO2. The van der Waals surface area contributed by atoms with Gasteiger partial charge in [0.25, 0.3) is 0 Å². The standard InChI is InChI=1S/C16H24BrNO2/c1-4-12(5-2)11-18-16(19)9-7-13-6-8-15(20-3)14(17)10-13/h6,8,10,12H,4-5,7,9,11H2,1-3H3,(H,18,19). The van der Waals surface area contributed by atoms with E-state index in [0.717, 1.165) is 41.6 Å². The molecular weight excluding hydrogens is 318 g/mol. The van der Waals surface area contributed by atoms with Crippen LogP contribution in [0.1, 0.15) is 38.7 Å². The Morgan fingerprint density at radius 2 is 2.05 bits per heavy atom. The molecule has 0 unspecified atom stereocenters. The van der Waals surface area contributed by atoms with Gasteiger partial charge in [0.2, 0.25) is 5.91 Å². The van der Waals surface area contributed by atoms with E-state index < -0.39 is 0 Å². The third-order valence-electron chi connectivity index (χ3n) is 3.60. The number of benzene rings is 1. The smallest absolute Gasteiger partial charge is 0.220 e. The van der Waals surface area contributed by atoms with Crippen molar-refractivity contribution in [3.05, 3.63) is 28.2 Å². The molecule has 0 aliphatic heterocycles. The van der Waals surface area contributed by atoms with Gasteiger partial charge in [0, 0.05) is 13.0 Å². The molecule has 20 heavy (non-hydrogen) atoms. The molecule has 0 radical (unpaired) electrons. The molecule has 0 atom stereocenters. The van der Waals surface area contributed by atoms with Gasteiger partial charge >= 0.3 is 0 Å². The lowest BCUT2D eigenvalue weighted by molar-refractivity contribution is -0.121. The number of carbonyl (C=O) groups excluding carboxylic acids is 1. The summed E-state index contributed by atoms with van der Waals surface area (Å²) in [5.41, 5.74) is 1.13. The minimum atomic E-state index is 0.129. The Labute approximate surface area is 130 Å². The molecule has 0 fully saturated rings. The summed E-state index contributed by atoms with van der Waals surface area (Å²) < 4.78 is 6.11. The van der Waals surface area contributed by atoms with Crippen LogP contribution < -0.4 is 10.1 Å². The number of rotatable bonds is 8. The van der Waals surface area contributed by atoms with Crippen molar-refractivity contribution in [2.45, 2.75) is 39.5 Å². The van der Waals surface area contributed by atoms with Gasteiger partial charge < -0.3 is 10.1 Å². The highest BCUT2D eigenvalue weighted by atomic mass is 79.9. The molecule has 1 aromatic rings. The number of methoxy groups -OCH3 is 1. The second-order valence-electron chi connectivity index (χ2n) is 4.96. The summed E-state index contributed by atoms with van der Waals surface area (Å²) in [7, 11) is 1.64. The summed E-state index contributed by atoms with van der Waals surface area (Å²) in [5, 5.41) is 3.02. The van der Waals surface area contributed by atoms with Gasteiger partial charge in [-0.25, -0.2) is 0 Å². The quantitative estimate of drug-likeness (QED) is 0.777. The van der Waals surface area contributed by atoms with Crippen molar-refractivity contribution in [1.29, 1.82) is 0 Å². The highest BCUT2D eigenvalue weighted by Gasteiger charge is 2.07. The first-order valence-corrected chi connectivity index (χ1v) is 7.99. The van der Waals surface area contributed by atoms with Crippen LogP contribution in [0.3, 0.4) is 0 Å². The monoisotopic (exact) mass is 341 g/mol.